The number of methoxy groups -OCH3 is 2. The molecule has 2 aliphatic heterocycles. The highest BCUT2D eigenvalue weighted by atomic mass is 35.5. The molecule has 0 spiro atoms. The number of nitrogens with zero attached hydrogens (tertiary/aromatic N) is 6. The molecule has 0 amide bonds. The highest BCUT2D eigenvalue weighted by Gasteiger charge is 2.28. The third-order valence-electron chi connectivity index (χ3n) is 9.36. The number of hydrogen-bond donors (Lipinski definition) is 2. The molecule has 0 unspecified atom stereocenters. The lowest BCUT2D eigenvalue weighted by Crippen LogP contribution is -2.29. The minimum Gasteiger partial charge on any atom is -0.480 e. The maximum absolute atomic E-state index is 12.0. The summed E-state index contributed by atoms with van der Waals surface area (Å²) in [6.45, 7) is 4.18. The zero-order chi connectivity index (χ0) is 38.3. The number of nitrogens with one attached hydrogen (secondary N) is 2. The van der Waals surface area contributed by atoms with E-state index in [9.17, 15) is 16.8 Å². The van der Waals surface area contributed by atoms with E-state index in [1.807, 2.05) is 36.4 Å². The Kier molecular flexibility index (Phi) is 13.4. The van der Waals surface area contributed by atoms with Crippen molar-refractivity contribution in [2.75, 3.05) is 65.0 Å². The molecule has 6 rings (SSSR count). The molecule has 4 heterocycles. The van der Waals surface area contributed by atoms with Gasteiger partial charge in [0.05, 0.1) is 59.6 Å². The molecule has 2 aliphatic rings. The van der Waals surface area contributed by atoms with Gasteiger partial charge in [-0.2, -0.15) is 0 Å². The number of benzene rings is 2. The van der Waals surface area contributed by atoms with Crippen LogP contribution in [0.1, 0.15) is 37.1 Å². The molecule has 0 atom stereocenters. The Bertz CT molecular complexity index is 2030. The van der Waals surface area contributed by atoms with Crippen LogP contribution in [0.15, 0.2) is 48.8 Å². The summed E-state index contributed by atoms with van der Waals surface area (Å²) >= 11 is 14.1. The fourth-order valence-electron chi connectivity index (χ4n) is 6.56. The zero-order valence-corrected chi connectivity index (χ0v) is 33.4. The first-order valence-corrected chi connectivity index (χ1v) is 21.7. The SMILES string of the molecule is COc1nc(-c2cccc(-c3cccc(-c4cnc(CNCCCN5CCCS5(=O)=O)c(OC)n4)c3Cl)c2Cl)cnc1CNCCCN1CCCS1(=O)=O. The van der Waals surface area contributed by atoms with Crippen LogP contribution < -0.4 is 20.1 Å². The number of rotatable bonds is 17. The first-order valence-electron chi connectivity index (χ1n) is 17.8. The summed E-state index contributed by atoms with van der Waals surface area (Å²) in [5.74, 6) is 1.16. The summed E-state index contributed by atoms with van der Waals surface area (Å²) < 4.78 is 62.4. The van der Waals surface area contributed by atoms with Crippen molar-refractivity contribution in [3.8, 4) is 45.4 Å². The topological polar surface area (TPSA) is 169 Å². The summed E-state index contributed by atoms with van der Waals surface area (Å²) in [5, 5.41) is 7.48. The van der Waals surface area contributed by atoms with Gasteiger partial charge in [-0.3, -0.25) is 9.97 Å². The van der Waals surface area contributed by atoms with E-state index >= 15 is 0 Å². The first kappa shape index (κ1) is 40.2. The van der Waals surface area contributed by atoms with Crippen LogP contribution in [0, 0.1) is 0 Å². The minimum absolute atomic E-state index is 0.227. The third-order valence-corrected chi connectivity index (χ3v) is 14.1. The number of aromatic nitrogens is 4. The number of halogens is 2. The van der Waals surface area contributed by atoms with Gasteiger partial charge in [0.15, 0.2) is 0 Å². The zero-order valence-electron chi connectivity index (χ0n) is 30.2. The molecular formula is C36H44Cl2N8O6S2. The van der Waals surface area contributed by atoms with Crippen LogP contribution in [0.4, 0.5) is 0 Å². The van der Waals surface area contributed by atoms with Crippen LogP contribution in [-0.2, 0) is 33.1 Å². The summed E-state index contributed by atoms with van der Waals surface area (Å²) in [6.07, 6.45) is 6.02. The molecule has 18 heteroatoms. The standard InChI is InChI=1S/C36H44Cl2N8O6S2/c1-51-35-31(21-39-13-5-15-45-17-7-19-53(45,47)48)41-23-29(43-35)27-11-3-9-25(33(27)37)26-10-4-12-28(34(26)38)30-24-42-32(36(44-30)52-2)22-40-14-6-16-46-18-8-20-54(46,49)50/h3-4,9-12,23-24,39-40H,5-8,13-22H2,1-2H3. The van der Waals surface area contributed by atoms with Gasteiger partial charge in [-0.1, -0.05) is 59.6 Å². The number of sulfonamides is 2. The number of ether oxygens (including phenoxy) is 2. The van der Waals surface area contributed by atoms with E-state index in [2.05, 4.69) is 20.6 Å². The second-order valence-electron chi connectivity index (χ2n) is 13.0. The summed E-state index contributed by atoms with van der Waals surface area (Å²) in [5.41, 5.74) is 4.95. The highest BCUT2D eigenvalue weighted by molar-refractivity contribution is 7.89. The summed E-state index contributed by atoms with van der Waals surface area (Å²) in [7, 11) is -3.14. The normalized spacial score (nSPS) is 16.9. The van der Waals surface area contributed by atoms with Crippen molar-refractivity contribution >= 4 is 43.2 Å². The smallest absolute Gasteiger partial charge is 0.237 e. The molecule has 2 saturated heterocycles. The quantitative estimate of drug-likeness (QED) is 0.142. The lowest BCUT2D eigenvalue weighted by atomic mass is 9.98. The van der Waals surface area contributed by atoms with Crippen molar-refractivity contribution in [1.82, 2.24) is 39.2 Å². The average molecular weight is 820 g/mol. The molecule has 0 aliphatic carbocycles. The van der Waals surface area contributed by atoms with Crippen molar-refractivity contribution in [2.45, 2.75) is 38.8 Å². The molecule has 54 heavy (non-hydrogen) atoms. The maximum atomic E-state index is 12.0. The van der Waals surface area contributed by atoms with Gasteiger partial charge in [-0.25, -0.2) is 35.4 Å². The fraction of sp³-hybridized carbons (Fsp3) is 0.444. The second kappa shape index (κ2) is 18.0. The molecule has 0 radical (unpaired) electrons. The van der Waals surface area contributed by atoms with Gasteiger partial charge >= 0.3 is 0 Å². The molecule has 2 fully saturated rings. The molecule has 0 saturated carbocycles. The van der Waals surface area contributed by atoms with Gasteiger partial charge < -0.3 is 20.1 Å². The van der Waals surface area contributed by atoms with Crippen LogP contribution in [0.3, 0.4) is 0 Å². The molecule has 4 aromatic rings. The van der Waals surface area contributed by atoms with Crippen LogP contribution in [0.2, 0.25) is 10.0 Å². The van der Waals surface area contributed by atoms with E-state index in [1.54, 1.807) is 21.0 Å². The lowest BCUT2D eigenvalue weighted by molar-refractivity contribution is 0.386. The van der Waals surface area contributed by atoms with E-state index in [-0.39, 0.29) is 11.5 Å². The summed E-state index contributed by atoms with van der Waals surface area (Å²) in [6, 6.07) is 11.2. The Hall–Kier alpha value is -3.48. The van der Waals surface area contributed by atoms with E-state index in [0.29, 0.717) is 145 Å². The van der Waals surface area contributed by atoms with Crippen molar-refractivity contribution in [2.24, 2.45) is 0 Å². The van der Waals surface area contributed by atoms with E-state index in [4.69, 9.17) is 42.6 Å². The predicted molar refractivity (Wildman–Crippen MR) is 210 cm³/mol. The van der Waals surface area contributed by atoms with Gasteiger partial charge in [0.2, 0.25) is 31.8 Å². The minimum atomic E-state index is -3.10. The Morgan fingerprint density at radius 2 is 1.07 bits per heavy atom. The molecule has 2 aromatic carbocycles. The monoisotopic (exact) mass is 818 g/mol. The lowest BCUT2D eigenvalue weighted by Gasteiger charge is -2.16. The second-order valence-corrected chi connectivity index (χ2v) is 17.9. The largest absolute Gasteiger partial charge is 0.480 e. The van der Waals surface area contributed by atoms with Gasteiger partial charge in [0.1, 0.15) is 11.4 Å². The average Bonchev–Trinajstić information content (AvgIpc) is 3.69. The molecule has 14 nitrogen and oxygen atoms in total. The molecule has 290 valence electrons. The van der Waals surface area contributed by atoms with Gasteiger partial charge in [-0.15, -0.1) is 0 Å². The van der Waals surface area contributed by atoms with Gasteiger partial charge in [0.25, 0.3) is 0 Å². The van der Waals surface area contributed by atoms with Gasteiger partial charge in [-0.05, 0) is 38.8 Å². The van der Waals surface area contributed by atoms with Crippen LogP contribution in [0.5, 0.6) is 11.8 Å². The van der Waals surface area contributed by atoms with Crippen molar-refractivity contribution < 1.29 is 26.3 Å². The van der Waals surface area contributed by atoms with Crippen LogP contribution in [-0.4, -0.2) is 110 Å². The fourth-order valence-corrected chi connectivity index (χ4v) is 10.3. The number of hydrogen-bond acceptors (Lipinski definition) is 12. The molecular weight excluding hydrogens is 775 g/mol. The predicted octanol–water partition coefficient (Wildman–Crippen LogP) is 4.62. The maximum Gasteiger partial charge on any atom is 0.237 e. The van der Waals surface area contributed by atoms with E-state index < -0.39 is 20.0 Å². The summed E-state index contributed by atoms with van der Waals surface area (Å²) in [4.78, 5) is 18.7. The van der Waals surface area contributed by atoms with E-state index in [0.717, 1.165) is 0 Å². The van der Waals surface area contributed by atoms with Crippen molar-refractivity contribution in [3.63, 3.8) is 0 Å². The third kappa shape index (κ3) is 9.30. The Morgan fingerprint density at radius 3 is 1.44 bits per heavy atom. The van der Waals surface area contributed by atoms with Crippen LogP contribution in [0.25, 0.3) is 33.6 Å². The van der Waals surface area contributed by atoms with Crippen LogP contribution >= 0.6 is 23.2 Å². The van der Waals surface area contributed by atoms with Crippen molar-refractivity contribution in [3.05, 3.63) is 70.2 Å². The Labute approximate surface area is 326 Å². The molecule has 0 bridgehead atoms. The molecule has 2 N–H and O–H groups in total. The Morgan fingerprint density at radius 1 is 0.667 bits per heavy atom. The molecule has 2 aromatic heterocycles. The Balaban J connectivity index is 1.12. The van der Waals surface area contributed by atoms with Gasteiger partial charge in [0, 0.05) is 61.5 Å². The highest BCUT2D eigenvalue weighted by Crippen LogP contribution is 2.42. The first-order chi connectivity index (χ1) is 26.0. The van der Waals surface area contributed by atoms with Crippen molar-refractivity contribution in [1.29, 1.82) is 0 Å². The van der Waals surface area contributed by atoms with E-state index in [1.165, 1.54) is 14.2 Å².